The molecule has 0 atom stereocenters. The van der Waals surface area contributed by atoms with Crippen molar-refractivity contribution in [1.82, 2.24) is 9.55 Å². The van der Waals surface area contributed by atoms with Crippen LogP contribution in [0.5, 0.6) is 0 Å². The first-order chi connectivity index (χ1) is 12.5. The lowest BCUT2D eigenvalue weighted by atomic mass is 10.0. The largest absolute Gasteiger partial charge is 0.324 e. The van der Waals surface area contributed by atoms with E-state index < -0.39 is 0 Å². The summed E-state index contributed by atoms with van der Waals surface area (Å²) in [6, 6.07) is 18.9. The topological polar surface area (TPSA) is 64.0 Å². The van der Waals surface area contributed by atoms with Crippen molar-refractivity contribution >= 4 is 11.6 Å². The van der Waals surface area contributed by atoms with E-state index >= 15 is 0 Å². The molecule has 3 aromatic rings. The molecular weight excluding hydrogens is 326 g/mol. The van der Waals surface area contributed by atoms with Crippen LogP contribution in [0.2, 0.25) is 0 Å². The Balaban J connectivity index is 1.79. The molecule has 5 heteroatoms. The fraction of sp³-hybridized carbons (Fsp3) is 0.190. The number of hydrogen-bond donors (Lipinski definition) is 1. The predicted molar refractivity (Wildman–Crippen MR) is 103 cm³/mol. The maximum Gasteiger partial charge on any atom is 0.254 e. The molecule has 5 nitrogen and oxygen atoms in total. The third kappa shape index (κ3) is 4.06. The highest BCUT2D eigenvalue weighted by molar-refractivity contribution is 5.95. The Morgan fingerprint density at radius 1 is 1.08 bits per heavy atom. The molecule has 0 aliphatic carbocycles. The first-order valence-electron chi connectivity index (χ1n) is 8.55. The number of para-hydroxylation sites is 1. The van der Waals surface area contributed by atoms with Gasteiger partial charge in [-0.2, -0.15) is 0 Å². The zero-order chi connectivity index (χ0) is 18.5. The van der Waals surface area contributed by atoms with E-state index in [9.17, 15) is 9.59 Å². The highest BCUT2D eigenvalue weighted by Crippen LogP contribution is 2.27. The Labute approximate surface area is 152 Å². The van der Waals surface area contributed by atoms with Gasteiger partial charge in [0.15, 0.2) is 0 Å². The zero-order valence-electron chi connectivity index (χ0n) is 14.8. The van der Waals surface area contributed by atoms with Gasteiger partial charge in [0.2, 0.25) is 5.91 Å². The molecule has 0 bridgehead atoms. The number of carbonyl (C=O) groups excluding carboxylic acids is 1. The number of anilines is 1. The van der Waals surface area contributed by atoms with Crippen LogP contribution in [0.4, 0.5) is 5.69 Å². The van der Waals surface area contributed by atoms with Crippen LogP contribution in [-0.2, 0) is 11.3 Å². The highest BCUT2D eigenvalue weighted by Gasteiger charge is 2.10. The zero-order valence-corrected chi connectivity index (χ0v) is 14.8. The minimum atomic E-state index is -0.269. The number of nitrogens with zero attached hydrogens (tertiary/aromatic N) is 2. The lowest BCUT2D eigenvalue weighted by Gasteiger charge is -2.12. The first kappa shape index (κ1) is 17.6. The van der Waals surface area contributed by atoms with Gasteiger partial charge in [0.25, 0.3) is 5.56 Å². The Morgan fingerprint density at radius 3 is 2.46 bits per heavy atom. The van der Waals surface area contributed by atoms with Crippen LogP contribution >= 0.6 is 0 Å². The Hall–Kier alpha value is -3.21. The molecule has 0 spiro atoms. The van der Waals surface area contributed by atoms with E-state index in [0.29, 0.717) is 5.69 Å². The summed E-state index contributed by atoms with van der Waals surface area (Å²) in [5, 5.41) is 2.90. The third-order valence-electron chi connectivity index (χ3n) is 4.09. The summed E-state index contributed by atoms with van der Waals surface area (Å²) >= 11 is 0. The van der Waals surface area contributed by atoms with Crippen molar-refractivity contribution in [2.75, 3.05) is 5.32 Å². The summed E-state index contributed by atoms with van der Waals surface area (Å²) in [6.07, 6.45) is 1.43. The van der Waals surface area contributed by atoms with Gasteiger partial charge >= 0.3 is 0 Å². The van der Waals surface area contributed by atoms with Crippen molar-refractivity contribution in [1.29, 1.82) is 0 Å². The monoisotopic (exact) mass is 347 g/mol. The lowest BCUT2D eigenvalue weighted by Crippen LogP contribution is -2.28. The maximum absolute atomic E-state index is 12.4. The fourth-order valence-electron chi connectivity index (χ4n) is 2.68. The summed E-state index contributed by atoms with van der Waals surface area (Å²) in [4.78, 5) is 28.8. The smallest absolute Gasteiger partial charge is 0.254 e. The van der Waals surface area contributed by atoms with Gasteiger partial charge in [-0.1, -0.05) is 62.4 Å². The number of amides is 1. The van der Waals surface area contributed by atoms with Crippen molar-refractivity contribution in [3.63, 3.8) is 0 Å². The fourth-order valence-corrected chi connectivity index (χ4v) is 2.68. The van der Waals surface area contributed by atoms with Crippen molar-refractivity contribution in [3.05, 3.63) is 83.0 Å². The molecule has 132 valence electrons. The second kappa shape index (κ2) is 7.78. The molecule has 0 aliphatic heterocycles. The van der Waals surface area contributed by atoms with Gasteiger partial charge in [-0.3, -0.25) is 14.2 Å². The highest BCUT2D eigenvalue weighted by atomic mass is 16.2. The normalized spacial score (nSPS) is 10.7. The molecule has 0 radical (unpaired) electrons. The van der Waals surface area contributed by atoms with Crippen molar-refractivity contribution in [2.24, 2.45) is 0 Å². The molecule has 0 saturated heterocycles. The summed E-state index contributed by atoms with van der Waals surface area (Å²) in [5.41, 5.74) is 3.16. The summed E-state index contributed by atoms with van der Waals surface area (Å²) in [7, 11) is 0. The molecule has 0 aliphatic rings. The molecule has 1 amide bonds. The van der Waals surface area contributed by atoms with E-state index in [2.05, 4.69) is 10.3 Å². The molecule has 0 fully saturated rings. The van der Waals surface area contributed by atoms with Gasteiger partial charge in [0.1, 0.15) is 6.54 Å². The molecular formula is C21H21N3O2. The van der Waals surface area contributed by atoms with Gasteiger partial charge in [-0.15, -0.1) is 0 Å². The molecule has 1 N–H and O–H groups in total. The number of rotatable bonds is 5. The molecule has 3 rings (SSSR count). The Kier molecular flexibility index (Phi) is 5.27. The number of carbonyl (C=O) groups is 1. The maximum atomic E-state index is 12.4. The van der Waals surface area contributed by atoms with Crippen LogP contribution in [0.1, 0.15) is 25.5 Å². The summed E-state index contributed by atoms with van der Waals surface area (Å²) < 4.78 is 1.31. The number of hydrogen-bond acceptors (Lipinski definition) is 3. The van der Waals surface area contributed by atoms with Crippen molar-refractivity contribution < 1.29 is 4.79 Å². The van der Waals surface area contributed by atoms with Crippen LogP contribution in [0, 0.1) is 0 Å². The molecule has 26 heavy (non-hydrogen) atoms. The predicted octanol–water partition coefficient (Wildman–Crippen LogP) is 3.67. The van der Waals surface area contributed by atoms with E-state index in [1.165, 1.54) is 17.0 Å². The second-order valence-corrected chi connectivity index (χ2v) is 6.39. The van der Waals surface area contributed by atoms with Crippen LogP contribution in [0.3, 0.4) is 0 Å². The van der Waals surface area contributed by atoms with Crippen LogP contribution < -0.4 is 10.9 Å². The average Bonchev–Trinajstić information content (AvgIpc) is 2.64. The SMILES string of the molecule is CC(C)c1cc(=O)n(CC(=O)Nc2ccccc2-c2ccccc2)cn1. The number of nitrogens with one attached hydrogen (secondary N) is 1. The Bertz CT molecular complexity index is 962. The number of benzene rings is 2. The van der Waals surface area contributed by atoms with E-state index in [0.717, 1.165) is 16.8 Å². The first-order valence-corrected chi connectivity index (χ1v) is 8.55. The van der Waals surface area contributed by atoms with Gasteiger partial charge < -0.3 is 5.32 Å². The molecule has 1 heterocycles. The van der Waals surface area contributed by atoms with Crippen LogP contribution in [0.15, 0.2) is 71.8 Å². The molecule has 1 aromatic heterocycles. The number of aromatic nitrogens is 2. The molecule has 0 saturated carbocycles. The quantitative estimate of drug-likeness (QED) is 0.766. The van der Waals surface area contributed by atoms with E-state index in [1.807, 2.05) is 68.4 Å². The molecule has 0 unspecified atom stereocenters. The third-order valence-corrected chi connectivity index (χ3v) is 4.09. The van der Waals surface area contributed by atoms with Gasteiger partial charge in [-0.25, -0.2) is 4.98 Å². The van der Waals surface area contributed by atoms with E-state index in [-0.39, 0.29) is 23.9 Å². The van der Waals surface area contributed by atoms with Crippen molar-refractivity contribution in [2.45, 2.75) is 26.3 Å². The molecule has 2 aromatic carbocycles. The standard InChI is InChI=1S/C21H21N3O2/c1-15(2)19-12-21(26)24(14-22-19)13-20(25)23-18-11-7-6-10-17(18)16-8-4-3-5-9-16/h3-12,14-15H,13H2,1-2H3,(H,23,25). The second-order valence-electron chi connectivity index (χ2n) is 6.39. The van der Waals surface area contributed by atoms with E-state index in [1.54, 1.807) is 0 Å². The Morgan fingerprint density at radius 2 is 1.77 bits per heavy atom. The lowest BCUT2D eigenvalue weighted by molar-refractivity contribution is -0.116. The van der Waals surface area contributed by atoms with Crippen LogP contribution in [-0.4, -0.2) is 15.5 Å². The van der Waals surface area contributed by atoms with Gasteiger partial charge in [-0.05, 0) is 17.5 Å². The minimum Gasteiger partial charge on any atom is -0.324 e. The van der Waals surface area contributed by atoms with Gasteiger partial charge in [0.05, 0.1) is 12.0 Å². The van der Waals surface area contributed by atoms with E-state index in [4.69, 9.17) is 0 Å². The minimum absolute atomic E-state index is 0.0761. The average molecular weight is 347 g/mol. The van der Waals surface area contributed by atoms with Crippen molar-refractivity contribution in [3.8, 4) is 11.1 Å². The summed E-state index contributed by atoms with van der Waals surface area (Å²) in [6.45, 7) is 3.87. The van der Waals surface area contributed by atoms with Gasteiger partial charge in [0, 0.05) is 17.3 Å². The van der Waals surface area contributed by atoms with Crippen LogP contribution in [0.25, 0.3) is 11.1 Å². The summed E-state index contributed by atoms with van der Waals surface area (Å²) in [5.74, 6) is -0.0986.